The van der Waals surface area contributed by atoms with E-state index in [0.29, 0.717) is 81.8 Å². The number of epoxide rings is 1. The highest BCUT2D eigenvalue weighted by Gasteiger charge is 2.50. The first-order valence-corrected chi connectivity index (χ1v) is 24.8. The Kier molecular flexibility index (Phi) is 20.7. The Morgan fingerprint density at radius 1 is 0.783 bits per heavy atom. The van der Waals surface area contributed by atoms with E-state index in [1.165, 1.54) is 0 Å². The highest BCUT2D eigenvalue weighted by atomic mass is 16.6. The number of Topliss-reactive ketones (excluding diaryl/α,β-unsaturated/α-hetero) is 3. The number of ketones is 3. The van der Waals surface area contributed by atoms with Gasteiger partial charge in [-0.05, 0) is 86.6 Å². The van der Waals surface area contributed by atoms with Gasteiger partial charge in [-0.25, -0.2) is 0 Å². The molecule has 0 radical (unpaired) electrons. The van der Waals surface area contributed by atoms with Gasteiger partial charge in [0.2, 0.25) is 11.8 Å². The predicted octanol–water partition coefficient (Wildman–Crippen LogP) is 7.20. The maximum Gasteiger partial charge on any atom is 0.311 e. The molecule has 0 bridgehead atoms. The quantitative estimate of drug-likeness (QED) is 0.0239. The molecule has 0 saturated carbocycles. The molecule has 0 aromatic heterocycles. The van der Waals surface area contributed by atoms with Gasteiger partial charge in [0.25, 0.3) is 0 Å². The van der Waals surface area contributed by atoms with E-state index in [2.05, 4.69) is 16.6 Å². The molecule has 0 unspecified atom stereocenters. The zero-order chi connectivity index (χ0) is 50.0. The van der Waals surface area contributed by atoms with Crippen LogP contribution in [0.1, 0.15) is 103 Å². The summed E-state index contributed by atoms with van der Waals surface area (Å²) in [5.74, 6) is -0.115. The summed E-state index contributed by atoms with van der Waals surface area (Å²) in [4.78, 5) is 83.9. The summed E-state index contributed by atoms with van der Waals surface area (Å²) < 4.78 is 23.0. The van der Waals surface area contributed by atoms with E-state index in [9.17, 15) is 28.8 Å². The molecule has 2 amide bonds. The zero-order valence-electron chi connectivity index (χ0n) is 41.6. The highest BCUT2D eigenvalue weighted by molar-refractivity contribution is 5.98. The predicted molar refractivity (Wildman–Crippen MR) is 264 cm³/mol. The van der Waals surface area contributed by atoms with Crippen LogP contribution in [0.25, 0.3) is 0 Å². The van der Waals surface area contributed by atoms with Crippen LogP contribution in [-0.2, 0) is 57.6 Å². The van der Waals surface area contributed by atoms with Crippen molar-refractivity contribution in [1.29, 1.82) is 0 Å². The molecule has 2 N–H and O–H groups in total. The lowest BCUT2D eigenvalue weighted by Crippen LogP contribution is -2.57. The van der Waals surface area contributed by atoms with Crippen molar-refractivity contribution in [3.63, 3.8) is 0 Å². The Balaban J connectivity index is 1.36. The fraction of sp³-hybridized carbons (Fsp3) is 0.536. The largest absolute Gasteiger partial charge is 0.477 e. The van der Waals surface area contributed by atoms with E-state index < -0.39 is 35.4 Å². The van der Waals surface area contributed by atoms with Crippen molar-refractivity contribution in [3.8, 4) is 23.8 Å². The molecule has 13 heteroatoms. The van der Waals surface area contributed by atoms with Crippen LogP contribution in [0.4, 0.5) is 0 Å². The normalized spacial score (nSPS) is 18.0. The summed E-state index contributed by atoms with van der Waals surface area (Å²) in [6.07, 6.45) is 8.11. The number of morpholine rings is 1. The number of aryl methyl sites for hydroxylation is 1. The number of rotatable bonds is 29. The molecule has 5 atom stereocenters. The summed E-state index contributed by atoms with van der Waals surface area (Å²) in [6.45, 7) is 14.4. The van der Waals surface area contributed by atoms with Crippen molar-refractivity contribution >= 4 is 35.1 Å². The fourth-order valence-corrected chi connectivity index (χ4v) is 9.04. The number of hydrogen-bond acceptors (Lipinski definition) is 10. The van der Waals surface area contributed by atoms with E-state index in [1.807, 2.05) is 101 Å². The van der Waals surface area contributed by atoms with Gasteiger partial charge < -0.3 is 34.1 Å². The lowest BCUT2D eigenvalue weighted by Gasteiger charge is -2.41. The molecule has 3 aromatic carbocycles. The summed E-state index contributed by atoms with van der Waals surface area (Å²) >= 11 is 0. The summed E-state index contributed by atoms with van der Waals surface area (Å²) in [6, 6.07) is 22.9. The number of quaternary nitrogens is 1. The summed E-state index contributed by atoms with van der Waals surface area (Å²) in [7, 11) is 0. The molecular weight excluding hydrogens is 875 g/mol. The molecule has 69 heavy (non-hydrogen) atoms. The Hall–Kier alpha value is -5.68. The van der Waals surface area contributed by atoms with Crippen LogP contribution in [0.15, 0.2) is 78.9 Å². The van der Waals surface area contributed by atoms with Crippen molar-refractivity contribution < 1.29 is 52.2 Å². The van der Waals surface area contributed by atoms with E-state index in [1.54, 1.807) is 19.1 Å². The molecular formula is C56H74N3O10+. The van der Waals surface area contributed by atoms with Crippen molar-refractivity contribution in [3.05, 3.63) is 95.6 Å². The molecule has 372 valence electrons. The number of nitrogens with zero attached hydrogens (tertiary/aromatic N) is 1. The molecule has 2 fully saturated rings. The van der Waals surface area contributed by atoms with Gasteiger partial charge >= 0.3 is 5.97 Å². The third-order valence-electron chi connectivity index (χ3n) is 12.9. The Morgan fingerprint density at radius 3 is 2.00 bits per heavy atom. The minimum atomic E-state index is -0.936. The Bertz CT molecular complexity index is 2230. The zero-order valence-corrected chi connectivity index (χ0v) is 41.6. The number of benzene rings is 3. The van der Waals surface area contributed by atoms with Gasteiger partial charge in [0.05, 0.1) is 31.9 Å². The number of terminal acetylenes is 1. The second-order valence-electron chi connectivity index (χ2n) is 20.0. The number of carbonyl (C=O) groups is 6. The van der Waals surface area contributed by atoms with Crippen molar-refractivity contribution in [2.75, 3.05) is 46.1 Å². The van der Waals surface area contributed by atoms with Gasteiger partial charge in [0.1, 0.15) is 38.4 Å². The minimum Gasteiger partial charge on any atom is -0.477 e. The first-order chi connectivity index (χ1) is 33.0. The lowest BCUT2D eigenvalue weighted by molar-refractivity contribution is -0.940. The van der Waals surface area contributed by atoms with E-state index in [-0.39, 0.29) is 85.6 Å². The average molecular weight is 949 g/mol. The van der Waals surface area contributed by atoms with E-state index in [4.69, 9.17) is 25.4 Å². The molecule has 2 saturated heterocycles. The van der Waals surface area contributed by atoms with Crippen LogP contribution in [0.3, 0.4) is 0 Å². The third-order valence-corrected chi connectivity index (χ3v) is 12.9. The standard InChI is InChI=1S/C56H73N3O10/c1-8-16-52(62)69-50-24-22-43(33-51(50)67-27-9-2)36-59(25-28-66-29-26-59)37-46(60)34-44(23-21-41-17-12-10-13-18-41)54(64)57-47(30-39(3)4)49(61)35-45(32-42-19-14-11-15-20-42)55(65)58-48(31-40(5)6)53(63)56(7)38-68-56/h2,10-15,17-20,22,24,33,39-40,44-45,47-48H,8,16,21,23,25-32,34-38H2,1,3-7H3,(H-,57,58,64,65)/p+1/t44-,45-,47+,48+,56-/m1/s1. The number of carbonyl (C=O) groups excluding carboxylic acids is 6. The third kappa shape index (κ3) is 17.4. The van der Waals surface area contributed by atoms with Crippen molar-refractivity contribution in [1.82, 2.24) is 10.6 Å². The van der Waals surface area contributed by atoms with Crippen LogP contribution in [-0.4, -0.2) is 103 Å². The lowest BCUT2D eigenvalue weighted by atomic mass is 9.87. The topological polar surface area (TPSA) is 167 Å². The average Bonchev–Trinajstić information content (AvgIpc) is 4.07. The molecule has 0 aliphatic carbocycles. The van der Waals surface area contributed by atoms with E-state index in [0.717, 1.165) is 16.7 Å². The van der Waals surface area contributed by atoms with Crippen LogP contribution in [0, 0.1) is 36.0 Å². The SMILES string of the molecule is C#CCOc1cc(C[N+]2(CC(=O)C[C@@H](CCc3ccccc3)C(=O)N[C@@H](CC(C)C)C(=O)C[C@@H](Cc3ccccc3)C(=O)N[C@@H](CC(C)C)C(=O)[C@@]3(C)CO3)CCOCC2)ccc1OC(=O)CCC. The van der Waals surface area contributed by atoms with Gasteiger partial charge in [-0.15, -0.1) is 6.42 Å². The second kappa shape index (κ2) is 26.3. The first-order valence-electron chi connectivity index (χ1n) is 24.8. The number of amides is 2. The monoisotopic (exact) mass is 949 g/mol. The molecule has 5 rings (SSSR count). The van der Waals surface area contributed by atoms with Gasteiger partial charge in [-0.3, -0.25) is 28.8 Å². The number of nitrogens with one attached hydrogen (secondary N) is 2. The van der Waals surface area contributed by atoms with Gasteiger partial charge in [0.15, 0.2) is 28.8 Å². The second-order valence-corrected chi connectivity index (χ2v) is 20.0. The number of hydrogen-bond donors (Lipinski definition) is 2. The van der Waals surface area contributed by atoms with E-state index >= 15 is 0 Å². The highest BCUT2D eigenvalue weighted by Crippen LogP contribution is 2.32. The minimum absolute atomic E-state index is 0.0120. The molecule has 2 heterocycles. The van der Waals surface area contributed by atoms with Crippen LogP contribution >= 0.6 is 0 Å². The number of esters is 1. The number of ether oxygens (including phenoxy) is 4. The Morgan fingerprint density at radius 2 is 1.39 bits per heavy atom. The van der Waals surface area contributed by atoms with Crippen LogP contribution < -0.4 is 20.1 Å². The maximum absolute atomic E-state index is 14.6. The summed E-state index contributed by atoms with van der Waals surface area (Å²) in [5, 5.41) is 6.08. The summed E-state index contributed by atoms with van der Waals surface area (Å²) in [5.41, 5.74) is 1.80. The molecule has 2 aliphatic rings. The molecule has 2 aliphatic heterocycles. The molecule has 3 aromatic rings. The van der Waals surface area contributed by atoms with Crippen LogP contribution in [0.5, 0.6) is 11.5 Å². The van der Waals surface area contributed by atoms with Crippen molar-refractivity contribution in [2.45, 2.75) is 124 Å². The maximum atomic E-state index is 14.6. The van der Waals surface area contributed by atoms with Gasteiger partial charge in [-0.2, -0.15) is 0 Å². The Labute approximate surface area is 409 Å². The smallest absolute Gasteiger partial charge is 0.311 e. The van der Waals surface area contributed by atoms with Crippen LogP contribution in [0.2, 0.25) is 0 Å². The molecule has 13 nitrogen and oxygen atoms in total. The molecule has 0 spiro atoms. The van der Waals surface area contributed by atoms with Gasteiger partial charge in [-0.1, -0.05) is 101 Å². The van der Waals surface area contributed by atoms with Gasteiger partial charge in [0, 0.05) is 36.7 Å². The first kappa shape index (κ1) is 54.3. The fourth-order valence-electron chi connectivity index (χ4n) is 9.04. The van der Waals surface area contributed by atoms with Crippen molar-refractivity contribution in [2.24, 2.45) is 23.7 Å².